The van der Waals surface area contributed by atoms with Crippen LogP contribution in [0.15, 0.2) is 60.9 Å². The molecule has 1 aromatic heterocycles. The second kappa shape index (κ2) is 5.13. The smallest absolute Gasteiger partial charge is 0.337 e. The molecule has 98 valence electrons. The summed E-state index contributed by atoms with van der Waals surface area (Å²) < 4.78 is 4.76. The molecule has 0 aliphatic carbocycles. The van der Waals surface area contributed by atoms with E-state index in [9.17, 15) is 4.79 Å². The minimum Gasteiger partial charge on any atom is -0.465 e. The number of esters is 1. The molecule has 0 fully saturated rings. The van der Waals surface area contributed by atoms with E-state index in [1.807, 2.05) is 48.8 Å². The van der Waals surface area contributed by atoms with E-state index in [1.165, 1.54) is 7.11 Å². The number of hydrogen-bond donors (Lipinski definition) is 0. The molecule has 0 atom stereocenters. The Hall–Kier alpha value is -2.68. The van der Waals surface area contributed by atoms with Crippen LogP contribution in [0.5, 0.6) is 0 Å². The van der Waals surface area contributed by atoms with Crippen molar-refractivity contribution in [2.75, 3.05) is 7.11 Å². The molecule has 3 nitrogen and oxygen atoms in total. The zero-order chi connectivity index (χ0) is 13.9. The predicted molar refractivity (Wildman–Crippen MR) is 78.5 cm³/mol. The summed E-state index contributed by atoms with van der Waals surface area (Å²) in [5.41, 5.74) is 2.50. The van der Waals surface area contributed by atoms with Gasteiger partial charge in [0.1, 0.15) is 0 Å². The number of hydrogen-bond acceptors (Lipinski definition) is 3. The Balaban J connectivity index is 2.18. The number of fused-ring (bicyclic) bond motifs is 1. The largest absolute Gasteiger partial charge is 0.465 e. The van der Waals surface area contributed by atoms with Gasteiger partial charge in [0.05, 0.1) is 12.7 Å². The van der Waals surface area contributed by atoms with Crippen LogP contribution in [0.2, 0.25) is 0 Å². The molecule has 0 saturated carbocycles. The van der Waals surface area contributed by atoms with E-state index < -0.39 is 0 Å². The normalized spacial score (nSPS) is 10.4. The molecule has 0 saturated heterocycles. The summed E-state index contributed by atoms with van der Waals surface area (Å²) in [7, 11) is 1.38. The van der Waals surface area contributed by atoms with Crippen molar-refractivity contribution in [3.63, 3.8) is 0 Å². The summed E-state index contributed by atoms with van der Waals surface area (Å²) in [4.78, 5) is 15.9. The second-order valence-electron chi connectivity index (χ2n) is 4.48. The number of aromatic nitrogens is 1. The topological polar surface area (TPSA) is 39.2 Å². The highest BCUT2D eigenvalue weighted by atomic mass is 16.5. The van der Waals surface area contributed by atoms with Crippen LogP contribution in [-0.2, 0) is 4.74 Å². The summed E-state index contributed by atoms with van der Waals surface area (Å²) in [6, 6.07) is 15.4. The molecule has 0 bridgehead atoms. The monoisotopic (exact) mass is 263 g/mol. The quantitative estimate of drug-likeness (QED) is 0.662. The molecular formula is C17H13NO2. The van der Waals surface area contributed by atoms with Gasteiger partial charge in [0, 0.05) is 23.3 Å². The van der Waals surface area contributed by atoms with Gasteiger partial charge in [-0.2, -0.15) is 0 Å². The van der Waals surface area contributed by atoms with Gasteiger partial charge in [-0.1, -0.05) is 36.4 Å². The molecule has 2 aromatic carbocycles. The maximum Gasteiger partial charge on any atom is 0.337 e. The molecule has 0 N–H and O–H groups in total. The Labute approximate surface area is 116 Å². The fraction of sp³-hybridized carbons (Fsp3) is 0.0588. The highest BCUT2D eigenvalue weighted by molar-refractivity contribution is 5.97. The average molecular weight is 263 g/mol. The average Bonchev–Trinajstić information content (AvgIpc) is 2.53. The van der Waals surface area contributed by atoms with Gasteiger partial charge in [-0.25, -0.2) is 4.79 Å². The minimum absolute atomic E-state index is 0.333. The summed E-state index contributed by atoms with van der Waals surface area (Å²) in [6.45, 7) is 0. The summed E-state index contributed by atoms with van der Waals surface area (Å²) in [5.74, 6) is -0.333. The van der Waals surface area contributed by atoms with Crippen LogP contribution in [0.3, 0.4) is 0 Å². The Morgan fingerprint density at radius 1 is 1.05 bits per heavy atom. The first-order chi connectivity index (χ1) is 9.79. The van der Waals surface area contributed by atoms with Crippen molar-refractivity contribution in [3.05, 3.63) is 66.5 Å². The van der Waals surface area contributed by atoms with Gasteiger partial charge in [-0.05, 0) is 23.1 Å². The van der Waals surface area contributed by atoms with Crippen LogP contribution in [0.25, 0.3) is 21.9 Å². The summed E-state index contributed by atoms with van der Waals surface area (Å²) in [5, 5.41) is 2.19. The third kappa shape index (κ3) is 2.14. The molecule has 0 amide bonds. The Morgan fingerprint density at radius 2 is 1.90 bits per heavy atom. The second-order valence-corrected chi connectivity index (χ2v) is 4.48. The molecule has 0 unspecified atom stereocenters. The van der Waals surface area contributed by atoms with Gasteiger partial charge >= 0.3 is 5.97 Å². The Kier molecular flexibility index (Phi) is 3.17. The van der Waals surface area contributed by atoms with E-state index in [-0.39, 0.29) is 5.97 Å². The molecular weight excluding hydrogens is 250 g/mol. The van der Waals surface area contributed by atoms with Crippen LogP contribution in [0, 0.1) is 0 Å². The molecule has 0 aliphatic heterocycles. The third-order valence-electron chi connectivity index (χ3n) is 3.26. The molecule has 0 radical (unpaired) electrons. The van der Waals surface area contributed by atoms with Gasteiger partial charge in [-0.3, -0.25) is 4.98 Å². The van der Waals surface area contributed by atoms with Crippen LogP contribution >= 0.6 is 0 Å². The Morgan fingerprint density at radius 3 is 2.75 bits per heavy atom. The number of nitrogens with zero attached hydrogens (tertiary/aromatic N) is 1. The maximum atomic E-state index is 11.6. The first kappa shape index (κ1) is 12.4. The minimum atomic E-state index is -0.333. The Bertz CT molecular complexity index is 775. The number of carbonyl (C=O) groups is 1. The SMILES string of the molecule is COC(=O)c1cccc(-c2cncc3ccccc23)c1. The number of benzene rings is 2. The van der Waals surface area contributed by atoms with Crippen molar-refractivity contribution < 1.29 is 9.53 Å². The molecule has 20 heavy (non-hydrogen) atoms. The van der Waals surface area contributed by atoms with Gasteiger partial charge in [0.25, 0.3) is 0 Å². The molecule has 0 spiro atoms. The first-order valence-electron chi connectivity index (χ1n) is 6.31. The van der Waals surface area contributed by atoms with Crippen molar-refractivity contribution in [2.24, 2.45) is 0 Å². The molecule has 3 aromatic rings. The highest BCUT2D eigenvalue weighted by Gasteiger charge is 2.08. The zero-order valence-electron chi connectivity index (χ0n) is 11.0. The van der Waals surface area contributed by atoms with Crippen molar-refractivity contribution in [3.8, 4) is 11.1 Å². The third-order valence-corrected chi connectivity index (χ3v) is 3.26. The molecule has 0 aliphatic rings. The highest BCUT2D eigenvalue weighted by Crippen LogP contribution is 2.28. The van der Waals surface area contributed by atoms with Crippen molar-refractivity contribution in [1.82, 2.24) is 4.98 Å². The lowest BCUT2D eigenvalue weighted by Gasteiger charge is -2.07. The van der Waals surface area contributed by atoms with E-state index >= 15 is 0 Å². The van der Waals surface area contributed by atoms with Crippen molar-refractivity contribution >= 4 is 16.7 Å². The number of pyridine rings is 1. The van der Waals surface area contributed by atoms with Crippen molar-refractivity contribution in [1.29, 1.82) is 0 Å². The van der Waals surface area contributed by atoms with Crippen molar-refractivity contribution in [2.45, 2.75) is 0 Å². The van der Waals surface area contributed by atoms with E-state index in [0.29, 0.717) is 5.56 Å². The van der Waals surface area contributed by atoms with E-state index in [2.05, 4.69) is 11.1 Å². The lowest BCUT2D eigenvalue weighted by atomic mass is 9.99. The van der Waals surface area contributed by atoms with E-state index in [4.69, 9.17) is 4.74 Å². The fourth-order valence-electron chi connectivity index (χ4n) is 2.28. The lowest BCUT2D eigenvalue weighted by molar-refractivity contribution is 0.0601. The number of methoxy groups -OCH3 is 1. The standard InChI is InChI=1S/C17H13NO2/c1-20-17(19)13-7-4-6-12(9-13)16-11-18-10-14-5-2-3-8-15(14)16/h2-11H,1H3. The zero-order valence-corrected chi connectivity index (χ0v) is 11.0. The molecule has 3 rings (SSSR count). The molecule has 1 heterocycles. The predicted octanol–water partition coefficient (Wildman–Crippen LogP) is 3.69. The van der Waals surface area contributed by atoms with Crippen LogP contribution in [0.4, 0.5) is 0 Å². The van der Waals surface area contributed by atoms with Crippen LogP contribution in [-0.4, -0.2) is 18.1 Å². The van der Waals surface area contributed by atoms with Crippen LogP contribution < -0.4 is 0 Å². The summed E-state index contributed by atoms with van der Waals surface area (Å²) in [6.07, 6.45) is 3.65. The summed E-state index contributed by atoms with van der Waals surface area (Å²) >= 11 is 0. The number of carbonyl (C=O) groups excluding carboxylic acids is 1. The fourth-order valence-corrected chi connectivity index (χ4v) is 2.28. The first-order valence-corrected chi connectivity index (χ1v) is 6.31. The van der Waals surface area contributed by atoms with Crippen LogP contribution in [0.1, 0.15) is 10.4 Å². The maximum absolute atomic E-state index is 11.6. The van der Waals surface area contributed by atoms with E-state index in [0.717, 1.165) is 21.9 Å². The van der Waals surface area contributed by atoms with Gasteiger partial charge in [-0.15, -0.1) is 0 Å². The van der Waals surface area contributed by atoms with E-state index in [1.54, 1.807) is 6.07 Å². The van der Waals surface area contributed by atoms with Gasteiger partial charge in [0.15, 0.2) is 0 Å². The molecule has 3 heteroatoms. The van der Waals surface area contributed by atoms with Gasteiger partial charge in [0.2, 0.25) is 0 Å². The van der Waals surface area contributed by atoms with Gasteiger partial charge < -0.3 is 4.74 Å². The lowest BCUT2D eigenvalue weighted by Crippen LogP contribution is -2.00. The number of ether oxygens (including phenoxy) is 1. The number of rotatable bonds is 2.